The van der Waals surface area contributed by atoms with E-state index in [1.165, 1.54) is 12.1 Å². The SMILES string of the molecule is N#Cc1ccc2c(c1)c1ccccc1n2-c1cc(-c2ccc(C(F)(F)F)cc2C(F)(F)F)c(-n2c3ccccc3c3cc(C#N)ccc32)cc1C#N. The number of hydrogen-bond acceptors (Lipinski definition) is 3. The quantitative estimate of drug-likeness (QED) is 0.173. The van der Waals surface area contributed by atoms with Gasteiger partial charge in [0.15, 0.2) is 0 Å². The van der Waals surface area contributed by atoms with Crippen molar-refractivity contribution >= 4 is 43.6 Å². The van der Waals surface area contributed by atoms with E-state index in [-0.39, 0.29) is 28.6 Å². The molecule has 0 saturated carbocycles. The Hall–Kier alpha value is -7.03. The van der Waals surface area contributed by atoms with Crippen LogP contribution in [0.2, 0.25) is 0 Å². The summed E-state index contributed by atoms with van der Waals surface area (Å²) in [7, 11) is 0. The van der Waals surface area contributed by atoms with Gasteiger partial charge in [-0.2, -0.15) is 42.1 Å². The van der Waals surface area contributed by atoms with Gasteiger partial charge < -0.3 is 9.13 Å². The highest BCUT2D eigenvalue weighted by Gasteiger charge is 2.39. The number of benzene rings is 6. The van der Waals surface area contributed by atoms with Gasteiger partial charge in [-0.05, 0) is 78.4 Å². The molecule has 2 heterocycles. The standard InChI is InChI=1S/C41H19F6N5/c42-40(43,44)26-11-12-27(33(18-26)41(45,46)47)32-19-38(51-34-7-3-1-5-28(34)30-15-23(20-48)9-13-36(30)51)25(22-50)17-39(32)52-35-8-4-2-6-29(35)31-16-24(21-49)10-14-37(31)52/h1-19H. The summed E-state index contributed by atoms with van der Waals surface area (Å²) in [6.07, 6.45) is -10.3. The molecule has 2 aromatic heterocycles. The van der Waals surface area contributed by atoms with Gasteiger partial charge in [-0.3, -0.25) is 0 Å². The van der Waals surface area contributed by atoms with Crippen molar-refractivity contribution < 1.29 is 26.3 Å². The molecule has 8 rings (SSSR count). The molecule has 0 amide bonds. The van der Waals surface area contributed by atoms with Gasteiger partial charge in [0, 0.05) is 27.1 Å². The van der Waals surface area contributed by atoms with E-state index in [9.17, 15) is 42.1 Å². The summed E-state index contributed by atoms with van der Waals surface area (Å²) < 4.78 is 89.6. The Morgan fingerprint density at radius 2 is 0.962 bits per heavy atom. The predicted molar refractivity (Wildman–Crippen MR) is 185 cm³/mol. The topological polar surface area (TPSA) is 81.2 Å². The van der Waals surface area contributed by atoms with Crippen molar-refractivity contribution in [3.63, 3.8) is 0 Å². The van der Waals surface area contributed by atoms with E-state index < -0.39 is 29.0 Å². The second kappa shape index (κ2) is 11.5. The highest BCUT2D eigenvalue weighted by molar-refractivity contribution is 6.11. The molecule has 250 valence electrons. The number of aromatic nitrogens is 2. The smallest absolute Gasteiger partial charge is 0.309 e. The Kier molecular flexibility index (Phi) is 7.13. The Bertz CT molecular complexity index is 2930. The lowest BCUT2D eigenvalue weighted by Crippen LogP contribution is -2.13. The number of alkyl halides is 6. The van der Waals surface area contributed by atoms with Crippen LogP contribution < -0.4 is 0 Å². The lowest BCUT2D eigenvalue weighted by molar-refractivity contribution is -0.142. The Labute approximate surface area is 290 Å². The number of halogens is 6. The van der Waals surface area contributed by atoms with Crippen LogP contribution in [0.1, 0.15) is 27.8 Å². The maximum atomic E-state index is 14.9. The van der Waals surface area contributed by atoms with Crippen molar-refractivity contribution in [1.29, 1.82) is 15.8 Å². The van der Waals surface area contributed by atoms with Gasteiger partial charge in [-0.1, -0.05) is 42.5 Å². The van der Waals surface area contributed by atoms with Crippen molar-refractivity contribution in [1.82, 2.24) is 9.13 Å². The Balaban J connectivity index is 1.56. The second-order valence-electron chi connectivity index (χ2n) is 12.1. The monoisotopic (exact) mass is 695 g/mol. The molecule has 0 saturated heterocycles. The average Bonchev–Trinajstić information content (AvgIpc) is 3.65. The number of nitriles is 3. The van der Waals surface area contributed by atoms with Gasteiger partial charge in [0.1, 0.15) is 6.07 Å². The third-order valence-electron chi connectivity index (χ3n) is 9.26. The molecule has 8 aromatic rings. The van der Waals surface area contributed by atoms with E-state index >= 15 is 0 Å². The number of rotatable bonds is 3. The largest absolute Gasteiger partial charge is 0.417 e. The van der Waals surface area contributed by atoms with E-state index in [1.54, 1.807) is 88.0 Å². The number of fused-ring (bicyclic) bond motifs is 6. The molecule has 0 aliphatic carbocycles. The molecule has 0 spiro atoms. The zero-order chi connectivity index (χ0) is 36.5. The molecule has 52 heavy (non-hydrogen) atoms. The van der Waals surface area contributed by atoms with Gasteiger partial charge in [0.2, 0.25) is 0 Å². The molecule has 0 fully saturated rings. The molecule has 0 unspecified atom stereocenters. The van der Waals surface area contributed by atoms with Gasteiger partial charge in [0.05, 0.1) is 73.4 Å². The zero-order valence-corrected chi connectivity index (χ0v) is 26.5. The Morgan fingerprint density at radius 3 is 1.46 bits per heavy atom. The fourth-order valence-electron chi connectivity index (χ4n) is 7.05. The molecule has 0 aliphatic heterocycles. The highest BCUT2D eigenvalue weighted by atomic mass is 19.4. The molecule has 0 N–H and O–H groups in total. The van der Waals surface area contributed by atoms with Gasteiger partial charge in [-0.15, -0.1) is 0 Å². The first-order valence-electron chi connectivity index (χ1n) is 15.7. The lowest BCUT2D eigenvalue weighted by Gasteiger charge is -2.22. The van der Waals surface area contributed by atoms with E-state index in [0.29, 0.717) is 60.8 Å². The molecule has 0 bridgehead atoms. The average molecular weight is 696 g/mol. The molecule has 0 atom stereocenters. The summed E-state index contributed by atoms with van der Waals surface area (Å²) in [5.41, 5.74) is -0.358. The van der Waals surface area contributed by atoms with Gasteiger partial charge in [0.25, 0.3) is 0 Å². The van der Waals surface area contributed by atoms with Crippen LogP contribution in [-0.2, 0) is 12.4 Å². The second-order valence-corrected chi connectivity index (χ2v) is 12.1. The van der Waals surface area contributed by atoms with Crippen LogP contribution in [0.3, 0.4) is 0 Å². The van der Waals surface area contributed by atoms with Crippen LogP contribution in [0.15, 0.2) is 115 Å². The summed E-state index contributed by atoms with van der Waals surface area (Å²) in [5.74, 6) is 0. The van der Waals surface area contributed by atoms with Crippen molar-refractivity contribution in [2.24, 2.45) is 0 Å². The van der Waals surface area contributed by atoms with Crippen molar-refractivity contribution in [2.75, 3.05) is 0 Å². The maximum absolute atomic E-state index is 14.9. The van der Waals surface area contributed by atoms with Crippen LogP contribution in [-0.4, -0.2) is 9.13 Å². The number of hydrogen-bond donors (Lipinski definition) is 0. The minimum Gasteiger partial charge on any atom is -0.309 e. The Morgan fingerprint density at radius 1 is 0.442 bits per heavy atom. The first kappa shape index (κ1) is 32.2. The van der Waals surface area contributed by atoms with Crippen LogP contribution in [0, 0.1) is 34.0 Å². The summed E-state index contributed by atoms with van der Waals surface area (Å²) in [6.45, 7) is 0. The number of nitrogens with zero attached hydrogens (tertiary/aromatic N) is 5. The third-order valence-corrected chi connectivity index (χ3v) is 9.26. The molecule has 6 aromatic carbocycles. The summed E-state index contributed by atoms with van der Waals surface area (Å²) in [5, 5.41) is 32.6. The van der Waals surface area contributed by atoms with Gasteiger partial charge >= 0.3 is 12.4 Å². The van der Waals surface area contributed by atoms with Crippen LogP contribution in [0.5, 0.6) is 0 Å². The van der Waals surface area contributed by atoms with Crippen LogP contribution >= 0.6 is 0 Å². The summed E-state index contributed by atoms with van der Waals surface area (Å²) in [4.78, 5) is 0. The first-order chi connectivity index (χ1) is 24.9. The van der Waals surface area contributed by atoms with E-state index in [0.717, 1.165) is 6.07 Å². The summed E-state index contributed by atoms with van der Waals surface area (Å²) in [6, 6.07) is 34.8. The van der Waals surface area contributed by atoms with E-state index in [2.05, 4.69) is 18.2 Å². The lowest BCUT2D eigenvalue weighted by atomic mass is 9.93. The number of para-hydroxylation sites is 2. The minimum atomic E-state index is -5.20. The van der Waals surface area contributed by atoms with Crippen LogP contribution in [0.4, 0.5) is 26.3 Å². The third kappa shape index (κ3) is 4.93. The van der Waals surface area contributed by atoms with E-state index in [4.69, 9.17) is 0 Å². The summed E-state index contributed by atoms with van der Waals surface area (Å²) >= 11 is 0. The molecular formula is C41H19F6N5. The molecule has 0 radical (unpaired) electrons. The fraction of sp³-hybridized carbons (Fsp3) is 0.0488. The molecule has 11 heteroatoms. The fourth-order valence-corrected chi connectivity index (χ4v) is 7.05. The maximum Gasteiger partial charge on any atom is 0.417 e. The van der Waals surface area contributed by atoms with Crippen molar-refractivity contribution in [3.05, 3.63) is 143 Å². The van der Waals surface area contributed by atoms with E-state index in [1.807, 2.05) is 6.07 Å². The minimum absolute atomic E-state index is 0.0609. The van der Waals surface area contributed by atoms with Crippen molar-refractivity contribution in [2.45, 2.75) is 12.4 Å². The predicted octanol–water partition coefficient (Wildman–Crippen LogP) is 11.2. The normalized spacial score (nSPS) is 12.0. The first-order valence-corrected chi connectivity index (χ1v) is 15.7. The highest BCUT2D eigenvalue weighted by Crippen LogP contribution is 2.46. The zero-order valence-electron chi connectivity index (χ0n) is 26.5. The molecule has 5 nitrogen and oxygen atoms in total. The molecular weight excluding hydrogens is 676 g/mol. The van der Waals surface area contributed by atoms with Crippen molar-refractivity contribution in [3.8, 4) is 40.7 Å². The van der Waals surface area contributed by atoms with Gasteiger partial charge in [-0.25, -0.2) is 0 Å². The molecule has 0 aliphatic rings. The van der Waals surface area contributed by atoms with Crippen LogP contribution in [0.25, 0.3) is 66.1 Å².